The van der Waals surface area contributed by atoms with E-state index in [1.165, 1.54) is 0 Å². The van der Waals surface area contributed by atoms with Gasteiger partial charge in [0.25, 0.3) is 0 Å². The minimum Gasteiger partial charge on any atom is -0.491 e. The largest absolute Gasteiger partial charge is 0.491 e. The van der Waals surface area contributed by atoms with Crippen LogP contribution in [0.25, 0.3) is 0 Å². The Kier molecular flexibility index (Phi) is 5.83. The van der Waals surface area contributed by atoms with Gasteiger partial charge in [-0.2, -0.15) is 5.26 Å². The van der Waals surface area contributed by atoms with Crippen LogP contribution in [-0.4, -0.2) is 38.3 Å². The van der Waals surface area contributed by atoms with Crippen LogP contribution < -0.4 is 15.4 Å². The summed E-state index contributed by atoms with van der Waals surface area (Å²) in [7, 11) is 1.62. The Labute approximate surface area is 136 Å². The second-order valence-corrected chi connectivity index (χ2v) is 5.86. The van der Waals surface area contributed by atoms with E-state index in [0.29, 0.717) is 19.0 Å². The first kappa shape index (κ1) is 17.1. The van der Waals surface area contributed by atoms with Gasteiger partial charge in [0.2, 0.25) is 5.91 Å². The van der Waals surface area contributed by atoms with Crippen LogP contribution in [-0.2, 0) is 9.53 Å². The highest BCUT2D eigenvalue weighted by molar-refractivity contribution is 5.82. The maximum Gasteiger partial charge on any atom is 0.240 e. The standard InChI is InChI=1S/C17H23N3O3/c1-17(12-18,13-6-7-13)20-16(21)11-19-14-4-3-5-15(10-14)23-9-8-22-2/h3-5,10,13,19H,6-9,11H2,1-2H3,(H,20,21). The number of hydrogen-bond donors (Lipinski definition) is 2. The molecule has 1 amide bonds. The molecule has 0 heterocycles. The number of methoxy groups -OCH3 is 1. The van der Waals surface area contributed by atoms with Gasteiger partial charge in [0, 0.05) is 18.9 Å². The van der Waals surface area contributed by atoms with Gasteiger partial charge in [-0.15, -0.1) is 0 Å². The highest BCUT2D eigenvalue weighted by Crippen LogP contribution is 2.39. The average molecular weight is 317 g/mol. The van der Waals surface area contributed by atoms with E-state index in [9.17, 15) is 10.1 Å². The Morgan fingerprint density at radius 3 is 2.87 bits per heavy atom. The van der Waals surface area contributed by atoms with Gasteiger partial charge in [0.1, 0.15) is 17.9 Å². The Hall–Kier alpha value is -2.26. The van der Waals surface area contributed by atoms with E-state index in [1.54, 1.807) is 14.0 Å². The molecule has 1 aromatic carbocycles. The third kappa shape index (κ3) is 5.15. The Morgan fingerprint density at radius 2 is 2.22 bits per heavy atom. The fraction of sp³-hybridized carbons (Fsp3) is 0.529. The van der Waals surface area contributed by atoms with Crippen molar-refractivity contribution in [2.45, 2.75) is 25.3 Å². The number of anilines is 1. The number of nitriles is 1. The van der Waals surface area contributed by atoms with Crippen molar-refractivity contribution in [2.24, 2.45) is 5.92 Å². The van der Waals surface area contributed by atoms with E-state index in [1.807, 2.05) is 24.3 Å². The molecule has 1 aromatic rings. The van der Waals surface area contributed by atoms with Gasteiger partial charge < -0.3 is 20.1 Å². The van der Waals surface area contributed by atoms with E-state index in [0.717, 1.165) is 18.5 Å². The third-order valence-electron chi connectivity index (χ3n) is 3.87. The van der Waals surface area contributed by atoms with Crippen LogP contribution in [0.3, 0.4) is 0 Å². The second kappa shape index (κ2) is 7.84. The molecule has 6 nitrogen and oxygen atoms in total. The smallest absolute Gasteiger partial charge is 0.240 e. The molecule has 2 N–H and O–H groups in total. The van der Waals surface area contributed by atoms with Crippen molar-refractivity contribution in [2.75, 3.05) is 32.2 Å². The number of benzene rings is 1. The normalized spacial score (nSPS) is 16.0. The van der Waals surface area contributed by atoms with E-state index in [4.69, 9.17) is 9.47 Å². The summed E-state index contributed by atoms with van der Waals surface area (Å²) in [4.78, 5) is 12.0. The van der Waals surface area contributed by atoms with E-state index in [2.05, 4.69) is 16.7 Å². The average Bonchev–Trinajstić information content (AvgIpc) is 3.39. The Balaban J connectivity index is 1.82. The summed E-state index contributed by atoms with van der Waals surface area (Å²) in [6.07, 6.45) is 2.00. The molecule has 0 spiro atoms. The van der Waals surface area contributed by atoms with Crippen molar-refractivity contribution >= 4 is 11.6 Å². The molecule has 0 aliphatic heterocycles. The lowest BCUT2D eigenvalue weighted by molar-refractivity contribution is -0.120. The zero-order chi connectivity index (χ0) is 16.7. The number of rotatable bonds is 9. The van der Waals surface area contributed by atoms with Crippen molar-refractivity contribution in [3.05, 3.63) is 24.3 Å². The van der Waals surface area contributed by atoms with Gasteiger partial charge in [-0.05, 0) is 37.8 Å². The van der Waals surface area contributed by atoms with E-state index < -0.39 is 5.54 Å². The number of nitrogens with zero attached hydrogens (tertiary/aromatic N) is 1. The zero-order valence-electron chi connectivity index (χ0n) is 13.6. The zero-order valence-corrected chi connectivity index (χ0v) is 13.6. The molecule has 0 saturated heterocycles. The Morgan fingerprint density at radius 1 is 1.43 bits per heavy atom. The molecule has 1 saturated carbocycles. The van der Waals surface area contributed by atoms with Crippen molar-refractivity contribution in [1.29, 1.82) is 5.26 Å². The molecular weight excluding hydrogens is 294 g/mol. The monoisotopic (exact) mass is 317 g/mol. The summed E-state index contributed by atoms with van der Waals surface area (Å²) < 4.78 is 10.5. The molecule has 23 heavy (non-hydrogen) atoms. The molecular formula is C17H23N3O3. The molecule has 1 unspecified atom stereocenters. The molecule has 0 radical (unpaired) electrons. The van der Waals surface area contributed by atoms with Crippen LogP contribution in [0.2, 0.25) is 0 Å². The molecule has 1 aliphatic rings. The van der Waals surface area contributed by atoms with Crippen molar-refractivity contribution in [3.8, 4) is 11.8 Å². The first-order valence-corrected chi connectivity index (χ1v) is 7.75. The SMILES string of the molecule is COCCOc1cccc(NCC(=O)NC(C)(C#N)C2CC2)c1. The van der Waals surface area contributed by atoms with Crippen LogP contribution in [0, 0.1) is 17.2 Å². The third-order valence-corrected chi connectivity index (χ3v) is 3.87. The number of carbonyl (C=O) groups excluding carboxylic acids is 1. The number of nitrogens with one attached hydrogen (secondary N) is 2. The minimum absolute atomic E-state index is 0.117. The first-order chi connectivity index (χ1) is 11.1. The predicted octanol–water partition coefficient (Wildman–Crippen LogP) is 1.93. The van der Waals surface area contributed by atoms with E-state index in [-0.39, 0.29) is 18.4 Å². The fourth-order valence-electron chi connectivity index (χ4n) is 2.34. The molecule has 1 fully saturated rings. The maximum absolute atomic E-state index is 12.0. The number of carbonyl (C=O) groups is 1. The van der Waals surface area contributed by atoms with Crippen LogP contribution in [0.15, 0.2) is 24.3 Å². The second-order valence-electron chi connectivity index (χ2n) is 5.86. The summed E-state index contributed by atoms with van der Waals surface area (Å²) in [6.45, 7) is 2.90. The minimum atomic E-state index is -0.760. The van der Waals surface area contributed by atoms with Gasteiger partial charge in [-0.3, -0.25) is 4.79 Å². The summed E-state index contributed by atoms with van der Waals surface area (Å²) in [6, 6.07) is 9.61. The van der Waals surface area contributed by atoms with Crippen LogP contribution in [0.5, 0.6) is 5.75 Å². The maximum atomic E-state index is 12.0. The van der Waals surface area contributed by atoms with Crippen LogP contribution in [0.1, 0.15) is 19.8 Å². The summed E-state index contributed by atoms with van der Waals surface area (Å²) in [5.41, 5.74) is 0.0318. The van der Waals surface area contributed by atoms with Crippen LogP contribution in [0.4, 0.5) is 5.69 Å². The lowest BCUT2D eigenvalue weighted by Gasteiger charge is -2.23. The number of hydrogen-bond acceptors (Lipinski definition) is 5. The van der Waals surface area contributed by atoms with Crippen molar-refractivity contribution < 1.29 is 14.3 Å². The quantitative estimate of drug-likeness (QED) is 0.680. The summed E-state index contributed by atoms with van der Waals surface area (Å²) in [5.74, 6) is 0.799. The lowest BCUT2D eigenvalue weighted by Crippen LogP contribution is -2.48. The predicted molar refractivity (Wildman–Crippen MR) is 87.2 cm³/mol. The Bertz CT molecular complexity index is 581. The number of ether oxygens (including phenoxy) is 2. The lowest BCUT2D eigenvalue weighted by atomic mass is 9.98. The molecule has 0 bridgehead atoms. The highest BCUT2D eigenvalue weighted by Gasteiger charge is 2.42. The van der Waals surface area contributed by atoms with Gasteiger partial charge in [-0.1, -0.05) is 6.07 Å². The van der Waals surface area contributed by atoms with Gasteiger partial charge in [-0.25, -0.2) is 0 Å². The summed E-state index contributed by atoms with van der Waals surface area (Å²) >= 11 is 0. The summed E-state index contributed by atoms with van der Waals surface area (Å²) in [5, 5.41) is 15.1. The molecule has 124 valence electrons. The molecule has 0 aromatic heterocycles. The van der Waals surface area contributed by atoms with E-state index >= 15 is 0 Å². The fourth-order valence-corrected chi connectivity index (χ4v) is 2.34. The van der Waals surface area contributed by atoms with Crippen molar-refractivity contribution in [3.63, 3.8) is 0 Å². The molecule has 6 heteroatoms. The van der Waals surface area contributed by atoms with Crippen LogP contribution >= 0.6 is 0 Å². The van der Waals surface area contributed by atoms with Gasteiger partial charge >= 0.3 is 0 Å². The molecule has 1 aliphatic carbocycles. The first-order valence-electron chi connectivity index (χ1n) is 7.75. The van der Waals surface area contributed by atoms with Gasteiger partial charge in [0.05, 0.1) is 19.2 Å². The topological polar surface area (TPSA) is 83.4 Å². The highest BCUT2D eigenvalue weighted by atomic mass is 16.5. The molecule has 1 atom stereocenters. The van der Waals surface area contributed by atoms with Crippen molar-refractivity contribution in [1.82, 2.24) is 5.32 Å². The number of amides is 1. The van der Waals surface area contributed by atoms with Gasteiger partial charge in [0.15, 0.2) is 0 Å². The molecule has 2 rings (SSSR count).